The first kappa shape index (κ1) is 13.8. The molecule has 0 saturated carbocycles. The molecule has 1 aromatic rings. The minimum absolute atomic E-state index is 0.0634. The number of benzene rings is 1. The number of carbonyl (C=O) groups excluding carboxylic acids is 1. The van der Waals surface area contributed by atoms with Crippen LogP contribution in [0, 0.1) is 0 Å². The Morgan fingerprint density at radius 2 is 2.16 bits per heavy atom. The van der Waals surface area contributed by atoms with Crippen LogP contribution in [-0.2, 0) is 26.0 Å². The van der Waals surface area contributed by atoms with Crippen molar-refractivity contribution in [2.45, 2.75) is 11.3 Å². The van der Waals surface area contributed by atoms with Gasteiger partial charge < -0.3 is 10.4 Å². The van der Waals surface area contributed by atoms with Crippen LogP contribution in [0.3, 0.4) is 0 Å². The molecule has 0 unspecified atom stereocenters. The van der Waals surface area contributed by atoms with E-state index in [-0.39, 0.29) is 22.2 Å². The number of nitrogens with one attached hydrogen (secondary N) is 2. The molecular weight excluding hydrogens is 296 g/mol. The number of anilines is 1. The fourth-order valence-electron chi connectivity index (χ4n) is 1.67. The summed E-state index contributed by atoms with van der Waals surface area (Å²) >= 11 is 5.84. The van der Waals surface area contributed by atoms with Gasteiger partial charge in [-0.15, -0.1) is 0 Å². The molecule has 1 heterocycles. The standard InChI is InChI=1S/C10H9ClN2O5S/c11-6-3-7-5(2-9(14)13-7)1-8(6)19(17,18)12-4-10(15)16/h1,3,12H,2,4H2,(H,13,14)(H,15,16). The zero-order chi connectivity index (χ0) is 14.2. The number of hydrogen-bond donors (Lipinski definition) is 3. The second kappa shape index (κ2) is 4.80. The topological polar surface area (TPSA) is 113 Å². The normalized spacial score (nSPS) is 14.1. The van der Waals surface area contributed by atoms with Gasteiger partial charge in [-0.25, -0.2) is 8.42 Å². The van der Waals surface area contributed by atoms with Gasteiger partial charge in [-0.3, -0.25) is 9.59 Å². The Balaban J connectivity index is 2.38. The summed E-state index contributed by atoms with van der Waals surface area (Å²) in [6.45, 7) is -0.743. The van der Waals surface area contributed by atoms with Crippen LogP contribution >= 0.6 is 11.6 Å². The van der Waals surface area contributed by atoms with E-state index in [1.807, 2.05) is 4.72 Å². The largest absolute Gasteiger partial charge is 0.480 e. The summed E-state index contributed by atoms with van der Waals surface area (Å²) in [6.07, 6.45) is 0.0634. The molecule has 102 valence electrons. The van der Waals surface area contributed by atoms with E-state index in [2.05, 4.69) is 5.32 Å². The lowest BCUT2D eigenvalue weighted by atomic mass is 10.2. The highest BCUT2D eigenvalue weighted by atomic mass is 35.5. The summed E-state index contributed by atoms with van der Waals surface area (Å²) in [5, 5.41) is 10.9. The van der Waals surface area contributed by atoms with Crippen LogP contribution in [-0.4, -0.2) is 31.9 Å². The third-order valence-electron chi connectivity index (χ3n) is 2.49. The first-order valence-corrected chi connectivity index (χ1v) is 6.99. The van der Waals surface area contributed by atoms with Crippen LogP contribution in [0.5, 0.6) is 0 Å². The number of carboxylic acid groups (broad SMARTS) is 1. The van der Waals surface area contributed by atoms with Gasteiger partial charge in [0.2, 0.25) is 15.9 Å². The minimum Gasteiger partial charge on any atom is -0.480 e. The molecular formula is C10H9ClN2O5S. The second-order valence-electron chi connectivity index (χ2n) is 3.88. The maximum atomic E-state index is 11.9. The molecule has 1 aromatic carbocycles. The van der Waals surface area contributed by atoms with Crippen molar-refractivity contribution in [1.29, 1.82) is 0 Å². The number of halogens is 1. The Bertz CT molecular complexity index is 671. The Kier molecular flexibility index (Phi) is 3.48. The van der Waals surface area contributed by atoms with Crippen molar-refractivity contribution in [3.8, 4) is 0 Å². The van der Waals surface area contributed by atoms with Gasteiger partial charge in [0.1, 0.15) is 11.4 Å². The van der Waals surface area contributed by atoms with Gasteiger partial charge in [0.05, 0.1) is 11.4 Å². The van der Waals surface area contributed by atoms with Gasteiger partial charge in [-0.05, 0) is 17.7 Å². The summed E-state index contributed by atoms with van der Waals surface area (Å²) in [5.74, 6) is -1.56. The third-order valence-corrected chi connectivity index (χ3v) is 4.35. The van der Waals surface area contributed by atoms with E-state index in [1.165, 1.54) is 12.1 Å². The molecule has 1 amide bonds. The zero-order valence-electron chi connectivity index (χ0n) is 9.44. The quantitative estimate of drug-likeness (QED) is 0.735. The Morgan fingerprint density at radius 3 is 2.79 bits per heavy atom. The Hall–Kier alpha value is -1.64. The number of carboxylic acids is 1. The van der Waals surface area contributed by atoms with Gasteiger partial charge in [0, 0.05) is 5.69 Å². The number of fused-ring (bicyclic) bond motifs is 1. The lowest BCUT2D eigenvalue weighted by Gasteiger charge is -2.08. The van der Waals surface area contributed by atoms with Crippen molar-refractivity contribution in [3.05, 3.63) is 22.7 Å². The third kappa shape index (κ3) is 2.86. The van der Waals surface area contributed by atoms with Gasteiger partial charge in [0.15, 0.2) is 0 Å². The van der Waals surface area contributed by atoms with E-state index in [4.69, 9.17) is 16.7 Å². The molecule has 0 atom stereocenters. The van der Waals surface area contributed by atoms with Crippen molar-refractivity contribution in [1.82, 2.24) is 4.72 Å². The second-order valence-corrected chi connectivity index (χ2v) is 6.03. The highest BCUT2D eigenvalue weighted by Crippen LogP contribution is 2.31. The molecule has 0 saturated heterocycles. The first-order valence-electron chi connectivity index (χ1n) is 5.13. The molecule has 9 heteroatoms. The molecule has 0 radical (unpaired) electrons. The molecule has 1 aliphatic heterocycles. The Labute approximate surface area is 113 Å². The molecule has 3 N–H and O–H groups in total. The van der Waals surface area contributed by atoms with Crippen molar-refractivity contribution in [3.63, 3.8) is 0 Å². The van der Waals surface area contributed by atoms with Crippen molar-refractivity contribution in [2.75, 3.05) is 11.9 Å². The smallest absolute Gasteiger partial charge is 0.318 e. The number of rotatable bonds is 4. The SMILES string of the molecule is O=C(O)CNS(=O)(=O)c1cc2c(cc1Cl)NC(=O)C2. The molecule has 0 spiro atoms. The molecule has 19 heavy (non-hydrogen) atoms. The van der Waals surface area contributed by atoms with Crippen LogP contribution in [0.4, 0.5) is 5.69 Å². The predicted molar refractivity (Wildman–Crippen MR) is 66.6 cm³/mol. The molecule has 2 rings (SSSR count). The number of carbonyl (C=O) groups is 2. The monoisotopic (exact) mass is 304 g/mol. The van der Waals surface area contributed by atoms with Crippen molar-refractivity contribution in [2.24, 2.45) is 0 Å². The van der Waals surface area contributed by atoms with Gasteiger partial charge in [-0.1, -0.05) is 11.6 Å². The fraction of sp³-hybridized carbons (Fsp3) is 0.200. The number of hydrogen-bond acceptors (Lipinski definition) is 4. The van der Waals surface area contributed by atoms with Crippen LogP contribution in [0.15, 0.2) is 17.0 Å². The van der Waals surface area contributed by atoms with Crippen molar-refractivity contribution >= 4 is 39.2 Å². The lowest BCUT2D eigenvalue weighted by molar-refractivity contribution is -0.135. The van der Waals surface area contributed by atoms with E-state index in [1.54, 1.807) is 0 Å². The van der Waals surface area contributed by atoms with Crippen LogP contribution in [0.1, 0.15) is 5.56 Å². The van der Waals surface area contributed by atoms with Gasteiger partial charge in [0.25, 0.3) is 0 Å². The van der Waals surface area contributed by atoms with Crippen LogP contribution in [0.2, 0.25) is 5.02 Å². The van der Waals surface area contributed by atoms with E-state index in [9.17, 15) is 18.0 Å². The lowest BCUT2D eigenvalue weighted by Crippen LogP contribution is -2.29. The highest BCUT2D eigenvalue weighted by molar-refractivity contribution is 7.89. The summed E-state index contributed by atoms with van der Waals surface area (Å²) in [7, 11) is -4.03. The maximum absolute atomic E-state index is 11.9. The fourth-order valence-corrected chi connectivity index (χ4v) is 3.22. The average Bonchev–Trinajstić information content (AvgIpc) is 2.64. The van der Waals surface area contributed by atoms with Crippen molar-refractivity contribution < 1.29 is 23.1 Å². The number of sulfonamides is 1. The van der Waals surface area contributed by atoms with Gasteiger partial charge >= 0.3 is 5.97 Å². The van der Waals surface area contributed by atoms with E-state index >= 15 is 0 Å². The van der Waals surface area contributed by atoms with E-state index in [0.29, 0.717) is 11.3 Å². The Morgan fingerprint density at radius 1 is 1.47 bits per heavy atom. The average molecular weight is 305 g/mol. The van der Waals surface area contributed by atoms with Crippen LogP contribution < -0.4 is 10.0 Å². The first-order chi connectivity index (χ1) is 8.79. The molecule has 0 bridgehead atoms. The van der Waals surface area contributed by atoms with E-state index in [0.717, 1.165) is 0 Å². The predicted octanol–water partition coefficient (Wildman–Crippen LogP) is 0.197. The summed E-state index contributed by atoms with van der Waals surface area (Å²) in [5.41, 5.74) is 0.970. The van der Waals surface area contributed by atoms with Gasteiger partial charge in [-0.2, -0.15) is 4.72 Å². The zero-order valence-corrected chi connectivity index (χ0v) is 11.0. The summed E-state index contributed by atoms with van der Waals surface area (Å²) < 4.78 is 25.7. The summed E-state index contributed by atoms with van der Waals surface area (Å²) in [6, 6.07) is 2.59. The summed E-state index contributed by atoms with van der Waals surface area (Å²) in [4.78, 5) is 21.3. The number of aliphatic carboxylic acids is 1. The minimum atomic E-state index is -4.03. The molecule has 1 aliphatic rings. The molecule has 0 aromatic heterocycles. The number of amides is 1. The maximum Gasteiger partial charge on any atom is 0.318 e. The van der Waals surface area contributed by atoms with Crippen LogP contribution in [0.25, 0.3) is 0 Å². The van der Waals surface area contributed by atoms with E-state index < -0.39 is 22.5 Å². The molecule has 0 fully saturated rings. The molecule has 0 aliphatic carbocycles. The molecule has 7 nitrogen and oxygen atoms in total. The highest BCUT2D eigenvalue weighted by Gasteiger charge is 2.25.